The molecule has 2 aromatic heterocycles. The standard InChI is InChI=1S/C44H50N8O6/c1-5-51(6-2)23-22-45-43(56)41-28(3)37(48-29(41)4)26-35-34-25-33(18-19-36(34)50-42(35)55)58-40(54)15-11-10-14-39(53)52-38-24-32(17-16-31(38)27-47-52)49-44(57)46-21-20-30-12-8-7-9-13-30/h7-9,12-13,16-19,24-27,48H,5-6,10-11,14-15,20-23H2,1-4H3,(H,45,56)(H,50,55)(H2,46,49,57)/b35-26-. The topological polar surface area (TPSA) is 180 Å². The number of anilines is 2. The average molecular weight is 787 g/mol. The monoisotopic (exact) mass is 786 g/mol. The molecule has 302 valence electrons. The zero-order valence-corrected chi connectivity index (χ0v) is 33.4. The molecule has 0 saturated heterocycles. The van der Waals surface area contributed by atoms with Gasteiger partial charge in [0.2, 0.25) is 5.91 Å². The zero-order valence-electron chi connectivity index (χ0n) is 33.4. The van der Waals surface area contributed by atoms with E-state index in [2.05, 4.69) is 50.1 Å². The fraction of sp³-hybridized carbons (Fsp3) is 0.318. The highest BCUT2D eigenvalue weighted by molar-refractivity contribution is 6.35. The van der Waals surface area contributed by atoms with Gasteiger partial charge in [-0.3, -0.25) is 19.2 Å². The molecule has 58 heavy (non-hydrogen) atoms. The summed E-state index contributed by atoms with van der Waals surface area (Å²) in [6.45, 7) is 11.4. The fourth-order valence-corrected chi connectivity index (χ4v) is 7.00. The molecule has 0 unspecified atom stereocenters. The number of carbonyl (C=O) groups is 5. The molecule has 4 amide bonds. The minimum Gasteiger partial charge on any atom is -0.427 e. The number of carbonyl (C=O) groups excluding carboxylic acids is 5. The maximum Gasteiger partial charge on any atom is 0.319 e. The number of nitrogens with zero attached hydrogens (tertiary/aromatic N) is 3. The normalized spacial score (nSPS) is 12.8. The van der Waals surface area contributed by atoms with E-state index in [-0.39, 0.29) is 42.3 Å². The Hall–Kier alpha value is -6.54. The van der Waals surface area contributed by atoms with Crippen molar-refractivity contribution in [1.82, 2.24) is 30.3 Å². The van der Waals surface area contributed by atoms with Crippen LogP contribution >= 0.6 is 0 Å². The Morgan fingerprint density at radius 1 is 0.914 bits per heavy atom. The van der Waals surface area contributed by atoms with Gasteiger partial charge in [0.25, 0.3) is 11.8 Å². The van der Waals surface area contributed by atoms with Crippen molar-refractivity contribution in [2.75, 3.05) is 43.4 Å². The van der Waals surface area contributed by atoms with E-state index >= 15 is 0 Å². The predicted molar refractivity (Wildman–Crippen MR) is 225 cm³/mol. The molecule has 5 aromatic rings. The van der Waals surface area contributed by atoms with E-state index in [1.54, 1.807) is 48.7 Å². The third-order valence-corrected chi connectivity index (χ3v) is 10.2. The van der Waals surface area contributed by atoms with Gasteiger partial charge in [-0.15, -0.1) is 0 Å². The first-order chi connectivity index (χ1) is 28.0. The van der Waals surface area contributed by atoms with Crippen LogP contribution in [0.15, 0.2) is 72.9 Å². The summed E-state index contributed by atoms with van der Waals surface area (Å²) in [5.74, 6) is -0.902. The molecule has 3 heterocycles. The number of hydrogen-bond acceptors (Lipinski definition) is 8. The number of hydrogen-bond donors (Lipinski definition) is 5. The number of amides is 4. The summed E-state index contributed by atoms with van der Waals surface area (Å²) in [5.41, 5.74) is 6.37. The molecule has 0 fully saturated rings. The first-order valence-corrected chi connectivity index (χ1v) is 19.7. The number of ether oxygens (including phenoxy) is 1. The first kappa shape index (κ1) is 41.1. The lowest BCUT2D eigenvalue weighted by Crippen LogP contribution is -2.35. The molecule has 1 aliphatic heterocycles. The van der Waals surface area contributed by atoms with Crippen molar-refractivity contribution < 1.29 is 28.7 Å². The third-order valence-electron chi connectivity index (χ3n) is 10.2. The Balaban J connectivity index is 0.997. The van der Waals surface area contributed by atoms with Crippen LogP contribution in [-0.2, 0) is 16.0 Å². The lowest BCUT2D eigenvalue weighted by molar-refractivity contribution is -0.134. The quantitative estimate of drug-likeness (QED) is 0.0299. The van der Waals surface area contributed by atoms with Gasteiger partial charge in [-0.25, -0.2) is 9.48 Å². The van der Waals surface area contributed by atoms with E-state index in [1.807, 2.05) is 44.2 Å². The van der Waals surface area contributed by atoms with Gasteiger partial charge in [-0.1, -0.05) is 44.2 Å². The summed E-state index contributed by atoms with van der Waals surface area (Å²) < 4.78 is 6.96. The van der Waals surface area contributed by atoms with Crippen LogP contribution in [0.3, 0.4) is 0 Å². The summed E-state index contributed by atoms with van der Waals surface area (Å²) in [5, 5.41) is 16.5. The van der Waals surface area contributed by atoms with Gasteiger partial charge in [-0.2, -0.15) is 5.10 Å². The summed E-state index contributed by atoms with van der Waals surface area (Å²) >= 11 is 0. The highest BCUT2D eigenvalue weighted by Crippen LogP contribution is 2.36. The van der Waals surface area contributed by atoms with Gasteiger partial charge in [0, 0.05) is 66.2 Å². The van der Waals surface area contributed by atoms with E-state index in [0.29, 0.717) is 77.3 Å². The number of fused-ring (bicyclic) bond motifs is 2. The smallest absolute Gasteiger partial charge is 0.319 e. The highest BCUT2D eigenvalue weighted by atomic mass is 16.5. The Kier molecular flexibility index (Phi) is 13.5. The number of urea groups is 1. The van der Waals surface area contributed by atoms with Crippen LogP contribution in [0, 0.1) is 13.8 Å². The summed E-state index contributed by atoms with van der Waals surface area (Å²) in [4.78, 5) is 70.1. The number of esters is 1. The maximum atomic E-state index is 13.1. The predicted octanol–water partition coefficient (Wildman–Crippen LogP) is 6.72. The molecule has 1 aliphatic rings. The van der Waals surface area contributed by atoms with Crippen molar-refractivity contribution in [3.63, 3.8) is 0 Å². The molecule has 0 saturated carbocycles. The van der Waals surface area contributed by atoms with Crippen molar-refractivity contribution in [2.24, 2.45) is 0 Å². The second-order valence-electron chi connectivity index (χ2n) is 14.2. The second-order valence-corrected chi connectivity index (χ2v) is 14.2. The van der Waals surface area contributed by atoms with Crippen molar-refractivity contribution in [1.29, 1.82) is 0 Å². The van der Waals surface area contributed by atoms with E-state index in [0.717, 1.165) is 36.1 Å². The Morgan fingerprint density at radius 3 is 2.47 bits per heavy atom. The molecule has 6 rings (SSSR count). The molecule has 3 aromatic carbocycles. The minimum absolute atomic E-state index is 0.0816. The van der Waals surface area contributed by atoms with Gasteiger partial charge in [0.05, 0.1) is 22.9 Å². The Bertz CT molecular complexity index is 2340. The van der Waals surface area contributed by atoms with Crippen LogP contribution < -0.4 is 26.0 Å². The Morgan fingerprint density at radius 2 is 1.69 bits per heavy atom. The van der Waals surface area contributed by atoms with Crippen LogP contribution in [0.4, 0.5) is 16.2 Å². The number of H-pyrrole nitrogens is 1. The van der Waals surface area contributed by atoms with E-state index < -0.39 is 5.97 Å². The van der Waals surface area contributed by atoms with Crippen LogP contribution in [0.5, 0.6) is 5.75 Å². The van der Waals surface area contributed by atoms with Crippen LogP contribution in [0.25, 0.3) is 22.6 Å². The lowest BCUT2D eigenvalue weighted by atomic mass is 10.0. The SMILES string of the molecule is CCN(CC)CCNC(=O)c1c(C)[nH]c(/C=C2\C(=O)Nc3ccc(OC(=O)CCCCC(=O)n4ncc5ccc(NC(=O)NCCc6ccccc6)cc54)cc32)c1C. The number of unbranched alkanes of at least 4 members (excludes halogenated alkanes) is 1. The highest BCUT2D eigenvalue weighted by Gasteiger charge is 2.27. The van der Waals surface area contributed by atoms with Crippen molar-refractivity contribution in [3.8, 4) is 5.75 Å². The van der Waals surface area contributed by atoms with E-state index in [9.17, 15) is 24.0 Å². The molecular formula is C44H50N8O6. The maximum absolute atomic E-state index is 13.1. The molecule has 14 heteroatoms. The summed E-state index contributed by atoms with van der Waals surface area (Å²) in [6, 6.07) is 19.7. The van der Waals surface area contributed by atoms with Gasteiger partial charge >= 0.3 is 12.0 Å². The molecule has 5 N–H and O–H groups in total. The van der Waals surface area contributed by atoms with Crippen LogP contribution in [0.1, 0.15) is 82.8 Å². The molecule has 0 bridgehead atoms. The molecule has 0 atom stereocenters. The van der Waals surface area contributed by atoms with Gasteiger partial charge in [0.15, 0.2) is 0 Å². The number of benzene rings is 3. The van der Waals surface area contributed by atoms with Crippen LogP contribution in [0.2, 0.25) is 0 Å². The third kappa shape index (κ3) is 10.1. The molecule has 0 spiro atoms. The van der Waals surface area contributed by atoms with Gasteiger partial charge in [-0.05, 0) is 99.8 Å². The first-order valence-electron chi connectivity index (χ1n) is 19.7. The zero-order chi connectivity index (χ0) is 41.2. The van der Waals surface area contributed by atoms with Gasteiger partial charge in [0.1, 0.15) is 5.75 Å². The summed E-state index contributed by atoms with van der Waals surface area (Å²) in [7, 11) is 0. The van der Waals surface area contributed by atoms with E-state index in [1.165, 1.54) is 4.68 Å². The average Bonchev–Trinajstić information content (AvgIpc) is 3.86. The number of aromatic amines is 1. The number of likely N-dealkylation sites (N-methyl/N-ethyl adjacent to an activating group) is 1. The van der Waals surface area contributed by atoms with Crippen molar-refractivity contribution in [3.05, 3.63) is 107 Å². The fourth-order valence-electron chi connectivity index (χ4n) is 7.00. The molecule has 14 nitrogen and oxygen atoms in total. The van der Waals surface area contributed by atoms with E-state index in [4.69, 9.17) is 4.74 Å². The minimum atomic E-state index is -0.468. The summed E-state index contributed by atoms with van der Waals surface area (Å²) in [6.07, 6.45) is 5.09. The lowest BCUT2D eigenvalue weighted by Gasteiger charge is -2.18. The van der Waals surface area contributed by atoms with Crippen molar-refractivity contribution in [2.45, 2.75) is 59.8 Å². The van der Waals surface area contributed by atoms with Gasteiger partial charge < -0.3 is 35.9 Å². The number of nitrogens with one attached hydrogen (secondary N) is 5. The van der Waals surface area contributed by atoms with Crippen molar-refractivity contribution >= 4 is 63.6 Å². The molecular weight excluding hydrogens is 737 g/mol. The number of aromatic nitrogens is 3. The second kappa shape index (κ2) is 19.1. The van der Waals surface area contributed by atoms with Crippen LogP contribution in [-0.4, -0.2) is 82.1 Å². The number of aryl methyl sites for hydroxylation is 1. The number of rotatable bonds is 17. The largest absolute Gasteiger partial charge is 0.427 e. The molecule has 0 radical (unpaired) electrons. The molecule has 0 aliphatic carbocycles. The Labute approximate surface area is 337 Å².